The van der Waals surface area contributed by atoms with E-state index in [1.54, 1.807) is 23.1 Å². The van der Waals surface area contributed by atoms with Gasteiger partial charge in [-0.05, 0) is 29.8 Å². The molecule has 5 nitrogen and oxygen atoms in total. The predicted molar refractivity (Wildman–Crippen MR) is 102 cm³/mol. The van der Waals surface area contributed by atoms with Crippen LogP contribution in [0.3, 0.4) is 0 Å². The van der Waals surface area contributed by atoms with Crippen LogP contribution in [0.25, 0.3) is 0 Å². The Morgan fingerprint density at radius 3 is 2.46 bits per heavy atom. The summed E-state index contributed by atoms with van der Waals surface area (Å²) >= 11 is 1.50. The summed E-state index contributed by atoms with van der Waals surface area (Å²) in [7, 11) is 3.02. The molecular weight excluding hydrogens is 393 g/mol. The van der Waals surface area contributed by atoms with Gasteiger partial charge >= 0.3 is 12.2 Å². The Balaban J connectivity index is 1.76. The van der Waals surface area contributed by atoms with E-state index in [0.717, 1.165) is 12.1 Å². The highest BCUT2D eigenvalue weighted by molar-refractivity contribution is 7.99. The van der Waals surface area contributed by atoms with Gasteiger partial charge in [0.25, 0.3) is 0 Å². The number of benzene rings is 2. The lowest BCUT2D eigenvalue weighted by atomic mass is 10.1. The minimum atomic E-state index is -4.39. The van der Waals surface area contributed by atoms with Crippen LogP contribution in [0, 0.1) is 0 Å². The second-order valence-electron chi connectivity index (χ2n) is 6.03. The maximum Gasteiger partial charge on any atom is 0.416 e. The number of carbonyl (C=O) groups excluding carboxylic acids is 1. The number of anilines is 1. The Labute approximate surface area is 164 Å². The molecule has 1 saturated heterocycles. The van der Waals surface area contributed by atoms with E-state index in [0.29, 0.717) is 35.0 Å². The number of alkyl halides is 3. The number of methoxy groups -OCH3 is 2. The second kappa shape index (κ2) is 8.22. The van der Waals surface area contributed by atoms with Crippen LogP contribution in [0.5, 0.6) is 11.5 Å². The van der Waals surface area contributed by atoms with E-state index in [-0.39, 0.29) is 11.4 Å². The molecule has 0 radical (unpaired) electrons. The quantitative estimate of drug-likeness (QED) is 0.768. The van der Waals surface area contributed by atoms with E-state index in [1.165, 1.54) is 38.1 Å². The summed E-state index contributed by atoms with van der Waals surface area (Å²) in [6, 6.07) is 9.59. The van der Waals surface area contributed by atoms with Gasteiger partial charge in [-0.15, -0.1) is 11.8 Å². The first kappa shape index (κ1) is 20.2. The normalized spacial score (nSPS) is 16.8. The number of nitrogens with zero attached hydrogens (tertiary/aromatic N) is 1. The van der Waals surface area contributed by atoms with Crippen molar-refractivity contribution in [3.8, 4) is 11.5 Å². The van der Waals surface area contributed by atoms with E-state index >= 15 is 0 Å². The first-order valence-electron chi connectivity index (χ1n) is 8.42. The average Bonchev–Trinajstić information content (AvgIpc) is 3.17. The van der Waals surface area contributed by atoms with Gasteiger partial charge in [0.1, 0.15) is 16.9 Å². The van der Waals surface area contributed by atoms with Gasteiger partial charge in [-0.1, -0.05) is 12.1 Å². The van der Waals surface area contributed by atoms with Crippen LogP contribution >= 0.6 is 11.8 Å². The molecule has 2 aromatic carbocycles. The van der Waals surface area contributed by atoms with Gasteiger partial charge in [0.05, 0.1) is 25.5 Å². The summed E-state index contributed by atoms with van der Waals surface area (Å²) in [5.74, 6) is 1.73. The summed E-state index contributed by atoms with van der Waals surface area (Å²) in [6.45, 7) is 0.487. The molecule has 0 aliphatic carbocycles. The Hall–Kier alpha value is -2.55. The first-order chi connectivity index (χ1) is 13.3. The fourth-order valence-corrected chi connectivity index (χ4v) is 4.14. The van der Waals surface area contributed by atoms with Crippen LogP contribution in [0.1, 0.15) is 16.5 Å². The minimum absolute atomic E-state index is 0.349. The molecule has 1 aliphatic heterocycles. The summed E-state index contributed by atoms with van der Waals surface area (Å²) in [6.07, 6.45) is -4.39. The number of nitrogens with one attached hydrogen (secondary N) is 1. The molecule has 28 heavy (non-hydrogen) atoms. The number of rotatable bonds is 4. The standard InChI is InChI=1S/C19H19F3N2O3S/c1-26-14-7-8-15(16(11-14)27-2)23-18(25)24-9-10-28-17(24)12-3-5-13(6-4-12)19(20,21)22/h3-8,11,17H,9-10H2,1-2H3,(H,23,25)/t17-/m0/s1. The first-order valence-corrected chi connectivity index (χ1v) is 9.47. The fraction of sp³-hybridized carbons (Fsp3) is 0.316. The van der Waals surface area contributed by atoms with Crippen molar-refractivity contribution in [2.45, 2.75) is 11.6 Å². The van der Waals surface area contributed by atoms with Crippen molar-refractivity contribution < 1.29 is 27.4 Å². The summed E-state index contributed by atoms with van der Waals surface area (Å²) in [5, 5.41) is 2.45. The molecular formula is C19H19F3N2O3S. The van der Waals surface area contributed by atoms with Crippen molar-refractivity contribution in [3.05, 3.63) is 53.6 Å². The van der Waals surface area contributed by atoms with Crippen LogP contribution in [0.15, 0.2) is 42.5 Å². The highest BCUT2D eigenvalue weighted by atomic mass is 32.2. The number of ether oxygens (including phenoxy) is 2. The fourth-order valence-electron chi connectivity index (χ4n) is 2.88. The summed E-state index contributed by atoms with van der Waals surface area (Å²) in [5.41, 5.74) is 0.418. The SMILES string of the molecule is COc1ccc(NC(=O)N2CCS[C@H]2c2ccc(C(F)(F)F)cc2)c(OC)c1. The maximum atomic E-state index is 12.8. The molecule has 1 fully saturated rings. The summed E-state index contributed by atoms with van der Waals surface area (Å²) < 4.78 is 48.7. The molecule has 0 spiro atoms. The van der Waals surface area contributed by atoms with E-state index in [9.17, 15) is 18.0 Å². The van der Waals surface area contributed by atoms with Crippen LogP contribution in [-0.4, -0.2) is 37.4 Å². The van der Waals surface area contributed by atoms with Crippen LogP contribution < -0.4 is 14.8 Å². The molecule has 0 saturated carbocycles. The van der Waals surface area contributed by atoms with E-state index < -0.39 is 11.7 Å². The van der Waals surface area contributed by atoms with Gasteiger partial charge in [-0.2, -0.15) is 13.2 Å². The Bertz CT molecular complexity index is 843. The van der Waals surface area contributed by atoms with Crippen molar-refractivity contribution in [1.82, 2.24) is 4.90 Å². The molecule has 1 N–H and O–H groups in total. The number of halogens is 3. The van der Waals surface area contributed by atoms with Gasteiger partial charge in [0, 0.05) is 18.4 Å². The number of hydrogen-bond donors (Lipinski definition) is 1. The topological polar surface area (TPSA) is 50.8 Å². The maximum absolute atomic E-state index is 12.8. The zero-order chi connectivity index (χ0) is 20.3. The monoisotopic (exact) mass is 412 g/mol. The molecule has 150 valence electrons. The molecule has 9 heteroatoms. The van der Waals surface area contributed by atoms with Crippen molar-refractivity contribution in [3.63, 3.8) is 0 Å². The molecule has 1 aliphatic rings. The van der Waals surface area contributed by atoms with Crippen LogP contribution in [-0.2, 0) is 6.18 Å². The third-order valence-corrected chi connectivity index (χ3v) is 5.59. The zero-order valence-electron chi connectivity index (χ0n) is 15.2. The average molecular weight is 412 g/mol. The number of thioether (sulfide) groups is 1. The van der Waals surface area contributed by atoms with Crippen molar-refractivity contribution in [2.24, 2.45) is 0 Å². The van der Waals surface area contributed by atoms with Gasteiger partial charge in [-0.25, -0.2) is 4.79 Å². The molecule has 1 atom stereocenters. The Kier molecular flexibility index (Phi) is 5.93. The zero-order valence-corrected chi connectivity index (χ0v) is 16.1. The molecule has 3 rings (SSSR count). The Morgan fingerprint density at radius 2 is 1.86 bits per heavy atom. The van der Waals surface area contributed by atoms with Crippen LogP contribution in [0.2, 0.25) is 0 Å². The third kappa shape index (κ3) is 4.30. The van der Waals surface area contributed by atoms with Gasteiger partial charge in [0.2, 0.25) is 0 Å². The summed E-state index contributed by atoms with van der Waals surface area (Å²) in [4.78, 5) is 14.4. The second-order valence-corrected chi connectivity index (χ2v) is 7.22. The Morgan fingerprint density at radius 1 is 1.14 bits per heavy atom. The molecule has 0 bridgehead atoms. The lowest BCUT2D eigenvalue weighted by Gasteiger charge is -2.25. The third-order valence-electron chi connectivity index (χ3n) is 4.33. The van der Waals surface area contributed by atoms with E-state index in [2.05, 4.69) is 5.32 Å². The van der Waals surface area contributed by atoms with Crippen LogP contribution in [0.4, 0.5) is 23.7 Å². The van der Waals surface area contributed by atoms with Gasteiger partial charge in [0.15, 0.2) is 0 Å². The lowest BCUT2D eigenvalue weighted by molar-refractivity contribution is -0.137. The molecule has 2 aromatic rings. The molecule has 2 amide bonds. The lowest BCUT2D eigenvalue weighted by Crippen LogP contribution is -2.34. The number of amides is 2. The number of urea groups is 1. The number of carbonyl (C=O) groups is 1. The molecule has 0 aromatic heterocycles. The highest BCUT2D eigenvalue weighted by Gasteiger charge is 2.33. The van der Waals surface area contributed by atoms with Gasteiger partial charge in [-0.3, -0.25) is 0 Å². The molecule has 0 unspecified atom stereocenters. The van der Waals surface area contributed by atoms with Crippen molar-refractivity contribution >= 4 is 23.5 Å². The largest absolute Gasteiger partial charge is 0.497 e. The molecule has 1 heterocycles. The van der Waals surface area contributed by atoms with Crippen molar-refractivity contribution in [1.29, 1.82) is 0 Å². The van der Waals surface area contributed by atoms with Gasteiger partial charge < -0.3 is 19.7 Å². The predicted octanol–water partition coefficient (Wildman–Crippen LogP) is 5.00. The van der Waals surface area contributed by atoms with E-state index in [1.807, 2.05) is 0 Å². The van der Waals surface area contributed by atoms with E-state index in [4.69, 9.17) is 9.47 Å². The smallest absolute Gasteiger partial charge is 0.416 e. The minimum Gasteiger partial charge on any atom is -0.497 e. The number of hydrogen-bond acceptors (Lipinski definition) is 4. The van der Waals surface area contributed by atoms with Crippen molar-refractivity contribution in [2.75, 3.05) is 31.8 Å². The highest BCUT2D eigenvalue weighted by Crippen LogP contribution is 2.40.